The van der Waals surface area contributed by atoms with Crippen molar-refractivity contribution in [3.8, 4) is 11.5 Å². The third kappa shape index (κ3) is 3.29. The summed E-state index contributed by atoms with van der Waals surface area (Å²) < 4.78 is 11.0. The molecule has 1 aliphatic heterocycles. The number of nitrogens with zero attached hydrogens (tertiary/aromatic N) is 1. The molecule has 0 unspecified atom stereocenters. The van der Waals surface area contributed by atoms with Crippen molar-refractivity contribution >= 4 is 11.6 Å². The SMILES string of the molecule is C[C@H](NC(=O)c1cccc([N+](=O)[O-])c1)c1ccc2c(c1)OCCO2. The van der Waals surface area contributed by atoms with E-state index in [-0.39, 0.29) is 23.2 Å². The van der Waals surface area contributed by atoms with Crippen LogP contribution >= 0.6 is 0 Å². The number of non-ortho nitro benzene ring substituents is 1. The van der Waals surface area contributed by atoms with Gasteiger partial charge >= 0.3 is 0 Å². The van der Waals surface area contributed by atoms with Crippen molar-refractivity contribution in [2.45, 2.75) is 13.0 Å². The number of nitro groups is 1. The standard InChI is InChI=1S/C17H16N2O5/c1-11(12-5-6-15-16(10-12)24-8-7-23-15)18-17(20)13-3-2-4-14(9-13)19(21)22/h2-6,9-11H,7-8H2,1H3,(H,18,20)/t11-/m0/s1. The van der Waals surface area contributed by atoms with Gasteiger partial charge in [0.15, 0.2) is 11.5 Å². The molecule has 1 aliphatic rings. The molecule has 7 nitrogen and oxygen atoms in total. The van der Waals surface area contributed by atoms with E-state index in [0.717, 1.165) is 5.56 Å². The summed E-state index contributed by atoms with van der Waals surface area (Å²) in [6, 6.07) is 10.8. The number of nitrogens with one attached hydrogen (secondary N) is 1. The minimum atomic E-state index is -0.527. The molecular weight excluding hydrogens is 312 g/mol. The summed E-state index contributed by atoms with van der Waals surface area (Å²) in [5.41, 5.74) is 0.987. The van der Waals surface area contributed by atoms with E-state index in [2.05, 4.69) is 5.32 Å². The van der Waals surface area contributed by atoms with Crippen molar-refractivity contribution in [3.05, 3.63) is 63.7 Å². The zero-order valence-electron chi connectivity index (χ0n) is 13.0. The number of hydrogen-bond donors (Lipinski definition) is 1. The molecule has 0 bridgehead atoms. The molecule has 0 saturated heterocycles. The number of benzene rings is 2. The molecule has 7 heteroatoms. The number of ether oxygens (including phenoxy) is 2. The summed E-state index contributed by atoms with van der Waals surface area (Å²) in [6.07, 6.45) is 0. The zero-order valence-corrected chi connectivity index (χ0v) is 13.0. The molecule has 0 fully saturated rings. The highest BCUT2D eigenvalue weighted by Gasteiger charge is 2.17. The van der Waals surface area contributed by atoms with Gasteiger partial charge < -0.3 is 14.8 Å². The van der Waals surface area contributed by atoms with Crippen LogP contribution < -0.4 is 14.8 Å². The molecule has 0 spiro atoms. The highest BCUT2D eigenvalue weighted by Crippen LogP contribution is 2.32. The Hall–Kier alpha value is -3.09. The lowest BCUT2D eigenvalue weighted by molar-refractivity contribution is -0.384. The Bertz CT molecular complexity index is 790. The molecule has 0 saturated carbocycles. The van der Waals surface area contributed by atoms with Gasteiger partial charge in [0.1, 0.15) is 13.2 Å². The molecule has 2 aromatic rings. The van der Waals surface area contributed by atoms with Gasteiger partial charge in [0.25, 0.3) is 11.6 Å². The number of carbonyl (C=O) groups excluding carboxylic acids is 1. The van der Waals surface area contributed by atoms with Crippen LogP contribution in [-0.2, 0) is 0 Å². The molecule has 1 amide bonds. The highest BCUT2D eigenvalue weighted by molar-refractivity contribution is 5.95. The number of hydrogen-bond acceptors (Lipinski definition) is 5. The predicted octanol–water partition coefficient (Wildman–Crippen LogP) is 2.86. The summed E-state index contributed by atoms with van der Waals surface area (Å²) in [5.74, 6) is 0.957. The van der Waals surface area contributed by atoms with Crippen molar-refractivity contribution in [2.75, 3.05) is 13.2 Å². The largest absolute Gasteiger partial charge is 0.486 e. The van der Waals surface area contributed by atoms with Crippen molar-refractivity contribution < 1.29 is 19.2 Å². The number of fused-ring (bicyclic) bond motifs is 1. The number of carbonyl (C=O) groups is 1. The first-order chi connectivity index (χ1) is 11.5. The Morgan fingerprint density at radius 3 is 2.67 bits per heavy atom. The Labute approximate surface area is 138 Å². The number of rotatable bonds is 4. The van der Waals surface area contributed by atoms with E-state index in [9.17, 15) is 14.9 Å². The fourth-order valence-electron chi connectivity index (χ4n) is 2.45. The lowest BCUT2D eigenvalue weighted by Gasteiger charge is -2.21. The number of amides is 1. The van der Waals surface area contributed by atoms with Crippen LogP contribution in [0.25, 0.3) is 0 Å². The maximum atomic E-state index is 12.3. The smallest absolute Gasteiger partial charge is 0.270 e. The molecule has 3 rings (SSSR count). The quantitative estimate of drug-likeness (QED) is 0.688. The Balaban J connectivity index is 1.74. The summed E-state index contributed by atoms with van der Waals surface area (Å²) in [6.45, 7) is 2.84. The minimum Gasteiger partial charge on any atom is -0.486 e. The molecule has 1 heterocycles. The van der Waals surface area contributed by atoms with Gasteiger partial charge in [-0.2, -0.15) is 0 Å². The van der Waals surface area contributed by atoms with Crippen LogP contribution in [0.2, 0.25) is 0 Å². The molecular formula is C17H16N2O5. The van der Waals surface area contributed by atoms with Crippen LogP contribution in [-0.4, -0.2) is 24.0 Å². The topological polar surface area (TPSA) is 90.7 Å². The maximum absolute atomic E-state index is 12.3. The first-order valence-electron chi connectivity index (χ1n) is 7.49. The maximum Gasteiger partial charge on any atom is 0.270 e. The van der Waals surface area contributed by atoms with Gasteiger partial charge in [-0.25, -0.2) is 0 Å². The first-order valence-corrected chi connectivity index (χ1v) is 7.49. The molecule has 1 atom stereocenters. The molecule has 24 heavy (non-hydrogen) atoms. The lowest BCUT2D eigenvalue weighted by Crippen LogP contribution is -2.27. The summed E-state index contributed by atoms with van der Waals surface area (Å²) >= 11 is 0. The van der Waals surface area contributed by atoms with E-state index in [1.54, 1.807) is 12.1 Å². The summed E-state index contributed by atoms with van der Waals surface area (Å²) in [4.78, 5) is 22.6. The van der Waals surface area contributed by atoms with Gasteiger partial charge in [0.05, 0.1) is 11.0 Å². The van der Waals surface area contributed by atoms with Gasteiger partial charge in [0, 0.05) is 17.7 Å². The molecule has 0 aromatic heterocycles. The fraction of sp³-hybridized carbons (Fsp3) is 0.235. The lowest BCUT2D eigenvalue weighted by atomic mass is 10.1. The highest BCUT2D eigenvalue weighted by atomic mass is 16.6. The van der Waals surface area contributed by atoms with Crippen LogP contribution in [0.5, 0.6) is 11.5 Å². The van der Waals surface area contributed by atoms with E-state index in [1.807, 2.05) is 19.1 Å². The van der Waals surface area contributed by atoms with Crippen LogP contribution in [0.15, 0.2) is 42.5 Å². The Morgan fingerprint density at radius 1 is 1.17 bits per heavy atom. The second kappa shape index (κ2) is 6.57. The predicted molar refractivity (Wildman–Crippen MR) is 86.4 cm³/mol. The molecule has 1 N–H and O–H groups in total. The van der Waals surface area contributed by atoms with Crippen LogP contribution in [0, 0.1) is 10.1 Å². The van der Waals surface area contributed by atoms with E-state index in [0.29, 0.717) is 24.7 Å². The Morgan fingerprint density at radius 2 is 1.92 bits per heavy atom. The second-order valence-corrected chi connectivity index (χ2v) is 5.41. The van der Waals surface area contributed by atoms with E-state index in [1.165, 1.54) is 18.2 Å². The summed E-state index contributed by atoms with van der Waals surface area (Å²) in [7, 11) is 0. The first kappa shape index (κ1) is 15.8. The average molecular weight is 328 g/mol. The number of nitro benzene ring substituents is 1. The third-order valence-electron chi connectivity index (χ3n) is 3.73. The minimum absolute atomic E-state index is 0.116. The van der Waals surface area contributed by atoms with Gasteiger partial charge in [-0.05, 0) is 30.7 Å². The van der Waals surface area contributed by atoms with Gasteiger partial charge in [-0.1, -0.05) is 12.1 Å². The Kier molecular flexibility index (Phi) is 4.33. The van der Waals surface area contributed by atoms with Crippen LogP contribution in [0.3, 0.4) is 0 Å². The third-order valence-corrected chi connectivity index (χ3v) is 3.73. The normalized spacial score (nSPS) is 13.9. The van der Waals surface area contributed by atoms with Gasteiger partial charge in [-0.3, -0.25) is 14.9 Å². The molecule has 124 valence electrons. The van der Waals surface area contributed by atoms with Crippen molar-refractivity contribution in [2.24, 2.45) is 0 Å². The van der Waals surface area contributed by atoms with Gasteiger partial charge in [0.2, 0.25) is 0 Å². The monoisotopic (exact) mass is 328 g/mol. The van der Waals surface area contributed by atoms with E-state index >= 15 is 0 Å². The van der Waals surface area contributed by atoms with E-state index in [4.69, 9.17) is 9.47 Å². The van der Waals surface area contributed by atoms with Crippen molar-refractivity contribution in [3.63, 3.8) is 0 Å². The molecule has 2 aromatic carbocycles. The van der Waals surface area contributed by atoms with Crippen molar-refractivity contribution in [1.29, 1.82) is 0 Å². The fourth-order valence-corrected chi connectivity index (χ4v) is 2.45. The second-order valence-electron chi connectivity index (χ2n) is 5.41. The molecule has 0 aliphatic carbocycles. The molecule has 0 radical (unpaired) electrons. The summed E-state index contributed by atoms with van der Waals surface area (Å²) in [5, 5.41) is 13.6. The zero-order chi connectivity index (χ0) is 17.1. The van der Waals surface area contributed by atoms with Crippen molar-refractivity contribution in [1.82, 2.24) is 5.32 Å². The average Bonchev–Trinajstić information content (AvgIpc) is 2.61. The van der Waals surface area contributed by atoms with Crippen LogP contribution in [0.1, 0.15) is 28.9 Å². The van der Waals surface area contributed by atoms with Crippen LogP contribution in [0.4, 0.5) is 5.69 Å². The van der Waals surface area contributed by atoms with E-state index < -0.39 is 4.92 Å². The van der Waals surface area contributed by atoms with Gasteiger partial charge in [-0.15, -0.1) is 0 Å².